The molecule has 192 valence electrons. The first-order chi connectivity index (χ1) is 16.1. The first-order valence-electron chi connectivity index (χ1n) is 15.3. The molecule has 2 heteroatoms. The largest absolute Gasteiger partial charge is 0.462 e. The molecule has 33 heavy (non-hydrogen) atoms. The first kappa shape index (κ1) is 27.1. The van der Waals surface area contributed by atoms with Crippen LogP contribution in [0.3, 0.4) is 0 Å². The summed E-state index contributed by atoms with van der Waals surface area (Å²) in [5.41, 5.74) is 0. The van der Waals surface area contributed by atoms with E-state index in [2.05, 4.69) is 20.8 Å². The SMILES string of the molecule is CCCCCCC[C@H]1CC[C@@H](C2CCC(C(=O)OC3CCC(CCCC)CC3)CC2)[C@H](C)C1. The van der Waals surface area contributed by atoms with Gasteiger partial charge < -0.3 is 4.74 Å². The highest BCUT2D eigenvalue weighted by Gasteiger charge is 2.37. The van der Waals surface area contributed by atoms with Gasteiger partial charge in [-0.05, 0) is 93.8 Å². The Morgan fingerprint density at radius 3 is 2.00 bits per heavy atom. The number of rotatable bonds is 12. The summed E-state index contributed by atoms with van der Waals surface area (Å²) in [4.78, 5) is 12.9. The van der Waals surface area contributed by atoms with Gasteiger partial charge in [-0.1, -0.05) is 85.0 Å². The summed E-state index contributed by atoms with van der Waals surface area (Å²) in [5, 5.41) is 0. The van der Waals surface area contributed by atoms with Crippen molar-refractivity contribution in [3.8, 4) is 0 Å². The minimum absolute atomic E-state index is 0.144. The second-order valence-corrected chi connectivity index (χ2v) is 12.4. The van der Waals surface area contributed by atoms with Gasteiger partial charge in [0.05, 0.1) is 5.92 Å². The number of unbranched alkanes of at least 4 members (excludes halogenated alkanes) is 5. The fourth-order valence-electron chi connectivity index (χ4n) is 7.60. The molecule has 3 atom stereocenters. The molecule has 0 bridgehead atoms. The third-order valence-corrected chi connectivity index (χ3v) is 9.81. The average molecular weight is 461 g/mol. The van der Waals surface area contributed by atoms with Crippen molar-refractivity contribution in [1.29, 1.82) is 0 Å². The lowest BCUT2D eigenvalue weighted by Crippen LogP contribution is -2.34. The predicted octanol–water partition coefficient (Wildman–Crippen LogP) is 9.50. The van der Waals surface area contributed by atoms with Crippen LogP contribution in [0.4, 0.5) is 0 Å². The fourth-order valence-corrected chi connectivity index (χ4v) is 7.60. The van der Waals surface area contributed by atoms with Gasteiger partial charge >= 0.3 is 5.97 Å². The third kappa shape index (κ3) is 8.88. The van der Waals surface area contributed by atoms with Crippen molar-refractivity contribution in [3.05, 3.63) is 0 Å². The molecule has 3 saturated carbocycles. The van der Waals surface area contributed by atoms with Crippen LogP contribution in [-0.4, -0.2) is 12.1 Å². The number of hydrogen-bond donors (Lipinski definition) is 0. The van der Waals surface area contributed by atoms with Crippen LogP contribution in [0.15, 0.2) is 0 Å². The normalized spacial score (nSPS) is 35.3. The molecular formula is C31H56O2. The maximum Gasteiger partial charge on any atom is 0.309 e. The third-order valence-electron chi connectivity index (χ3n) is 9.81. The lowest BCUT2D eigenvalue weighted by atomic mass is 9.64. The Bertz CT molecular complexity index is 527. The molecule has 3 fully saturated rings. The summed E-state index contributed by atoms with van der Waals surface area (Å²) in [7, 11) is 0. The van der Waals surface area contributed by atoms with Gasteiger partial charge in [0, 0.05) is 0 Å². The van der Waals surface area contributed by atoms with Gasteiger partial charge in [0.2, 0.25) is 0 Å². The van der Waals surface area contributed by atoms with Crippen LogP contribution in [-0.2, 0) is 9.53 Å². The Labute approximate surface area is 206 Å². The standard InChI is InChI=1S/C31H56O2/c1-4-6-8-9-10-12-26-15-22-30(24(3)23-26)27-16-18-28(19-17-27)31(32)33-29-20-13-25(14-21-29)11-7-5-2/h24-30H,4-23H2,1-3H3/t24-,25?,26+,27?,28?,29?,30-/m1/s1. The summed E-state index contributed by atoms with van der Waals surface area (Å²) in [6.07, 6.45) is 26.6. The highest BCUT2D eigenvalue weighted by molar-refractivity contribution is 5.72. The minimum Gasteiger partial charge on any atom is -0.462 e. The van der Waals surface area contributed by atoms with Crippen molar-refractivity contribution >= 4 is 5.97 Å². The van der Waals surface area contributed by atoms with Gasteiger partial charge in [-0.15, -0.1) is 0 Å². The van der Waals surface area contributed by atoms with E-state index < -0.39 is 0 Å². The van der Waals surface area contributed by atoms with Gasteiger partial charge in [0.15, 0.2) is 0 Å². The Morgan fingerprint density at radius 1 is 0.697 bits per heavy atom. The average Bonchev–Trinajstić information content (AvgIpc) is 2.84. The molecule has 0 N–H and O–H groups in total. The van der Waals surface area contributed by atoms with Crippen LogP contribution in [0.1, 0.15) is 149 Å². The number of carbonyl (C=O) groups excluding carboxylic acids is 1. The van der Waals surface area contributed by atoms with Gasteiger partial charge in [0.1, 0.15) is 6.10 Å². The van der Waals surface area contributed by atoms with Crippen molar-refractivity contribution < 1.29 is 9.53 Å². The zero-order valence-electron chi connectivity index (χ0n) is 22.5. The second kappa shape index (κ2) is 14.8. The highest BCUT2D eigenvalue weighted by Crippen LogP contribution is 2.45. The van der Waals surface area contributed by atoms with Gasteiger partial charge in [-0.25, -0.2) is 0 Å². The van der Waals surface area contributed by atoms with E-state index in [-0.39, 0.29) is 18.0 Å². The van der Waals surface area contributed by atoms with E-state index in [9.17, 15) is 4.79 Å². The Kier molecular flexibility index (Phi) is 12.1. The number of hydrogen-bond acceptors (Lipinski definition) is 2. The smallest absolute Gasteiger partial charge is 0.309 e. The quantitative estimate of drug-likeness (QED) is 0.214. The molecule has 0 unspecified atom stereocenters. The van der Waals surface area contributed by atoms with Gasteiger partial charge in [-0.2, -0.15) is 0 Å². The van der Waals surface area contributed by atoms with E-state index in [4.69, 9.17) is 4.74 Å². The van der Waals surface area contributed by atoms with Crippen molar-refractivity contribution in [2.45, 2.75) is 155 Å². The Hall–Kier alpha value is -0.530. The van der Waals surface area contributed by atoms with Gasteiger partial charge in [0.25, 0.3) is 0 Å². The van der Waals surface area contributed by atoms with E-state index in [0.717, 1.165) is 55.3 Å². The molecule has 0 aromatic heterocycles. The molecule has 3 rings (SSSR count). The summed E-state index contributed by atoms with van der Waals surface area (Å²) < 4.78 is 6.02. The number of esters is 1. The van der Waals surface area contributed by atoms with Crippen molar-refractivity contribution in [2.24, 2.45) is 35.5 Å². The second-order valence-electron chi connectivity index (χ2n) is 12.4. The molecule has 0 amide bonds. The van der Waals surface area contributed by atoms with E-state index >= 15 is 0 Å². The van der Waals surface area contributed by atoms with Crippen LogP contribution < -0.4 is 0 Å². The molecule has 3 aliphatic carbocycles. The zero-order valence-corrected chi connectivity index (χ0v) is 22.5. The van der Waals surface area contributed by atoms with Crippen molar-refractivity contribution in [1.82, 2.24) is 0 Å². The highest BCUT2D eigenvalue weighted by atomic mass is 16.5. The van der Waals surface area contributed by atoms with E-state index in [1.54, 1.807) is 0 Å². The molecule has 0 aromatic carbocycles. The summed E-state index contributed by atoms with van der Waals surface area (Å²) in [6.45, 7) is 7.12. The zero-order chi connectivity index (χ0) is 23.5. The number of ether oxygens (including phenoxy) is 1. The Morgan fingerprint density at radius 2 is 1.33 bits per heavy atom. The van der Waals surface area contributed by atoms with E-state index in [0.29, 0.717) is 0 Å². The van der Waals surface area contributed by atoms with Crippen molar-refractivity contribution in [2.75, 3.05) is 0 Å². The molecule has 0 saturated heterocycles. The predicted molar refractivity (Wildman–Crippen MR) is 140 cm³/mol. The molecule has 0 aromatic rings. The van der Waals surface area contributed by atoms with Crippen LogP contribution in [0.25, 0.3) is 0 Å². The van der Waals surface area contributed by atoms with Crippen LogP contribution >= 0.6 is 0 Å². The van der Waals surface area contributed by atoms with Crippen LogP contribution in [0.2, 0.25) is 0 Å². The molecule has 0 spiro atoms. The maximum absolute atomic E-state index is 12.9. The summed E-state index contributed by atoms with van der Waals surface area (Å²) in [6, 6.07) is 0. The molecule has 0 radical (unpaired) electrons. The topological polar surface area (TPSA) is 26.3 Å². The maximum atomic E-state index is 12.9. The first-order valence-corrected chi connectivity index (χ1v) is 15.3. The van der Waals surface area contributed by atoms with E-state index in [1.165, 1.54) is 103 Å². The summed E-state index contributed by atoms with van der Waals surface area (Å²) in [5.74, 6) is 4.87. The van der Waals surface area contributed by atoms with Crippen molar-refractivity contribution in [3.63, 3.8) is 0 Å². The van der Waals surface area contributed by atoms with Crippen LogP contribution in [0, 0.1) is 35.5 Å². The molecular weight excluding hydrogens is 404 g/mol. The van der Waals surface area contributed by atoms with Gasteiger partial charge in [-0.3, -0.25) is 4.79 Å². The fraction of sp³-hybridized carbons (Fsp3) is 0.968. The van der Waals surface area contributed by atoms with Crippen LogP contribution in [0.5, 0.6) is 0 Å². The van der Waals surface area contributed by atoms with E-state index in [1.807, 2.05) is 0 Å². The lowest BCUT2D eigenvalue weighted by Gasteiger charge is -2.41. The number of carbonyl (C=O) groups is 1. The summed E-state index contributed by atoms with van der Waals surface area (Å²) >= 11 is 0. The lowest BCUT2D eigenvalue weighted by molar-refractivity contribution is -0.157. The Balaban J connectivity index is 1.31. The molecule has 0 heterocycles. The monoisotopic (exact) mass is 460 g/mol. The molecule has 3 aliphatic rings. The molecule has 2 nitrogen and oxygen atoms in total. The molecule has 0 aliphatic heterocycles. The minimum atomic E-state index is 0.144.